The van der Waals surface area contributed by atoms with Crippen molar-refractivity contribution in [2.45, 2.75) is 84.7 Å². The number of allylic oxidation sites excluding steroid dienone is 1. The van der Waals surface area contributed by atoms with Crippen LogP contribution in [-0.2, 0) is 9.53 Å². The first-order chi connectivity index (χ1) is 11.3. The third kappa shape index (κ3) is 2.37. The van der Waals surface area contributed by atoms with Crippen LogP contribution in [0.2, 0.25) is 0 Å². The van der Waals surface area contributed by atoms with Crippen molar-refractivity contribution in [2.75, 3.05) is 0 Å². The molecule has 4 rings (SSSR count). The number of hydrogen-bond acceptors (Lipinski definition) is 2. The molecule has 4 aliphatic rings. The Balaban J connectivity index is 1.64. The number of hydrogen-bond donors (Lipinski definition) is 0. The van der Waals surface area contributed by atoms with Gasteiger partial charge in [0.15, 0.2) is 0 Å². The summed E-state index contributed by atoms with van der Waals surface area (Å²) >= 11 is 0. The molecule has 0 radical (unpaired) electrons. The number of halogens is 1. The number of esters is 1. The van der Waals surface area contributed by atoms with Crippen molar-refractivity contribution in [1.82, 2.24) is 0 Å². The van der Waals surface area contributed by atoms with Gasteiger partial charge in [0, 0.05) is 19.8 Å². The minimum absolute atomic E-state index is 0.00638. The first-order valence-electron chi connectivity index (χ1n) is 9.89. The van der Waals surface area contributed by atoms with E-state index in [1.165, 1.54) is 39.0 Å². The van der Waals surface area contributed by atoms with Gasteiger partial charge < -0.3 is 4.74 Å². The zero-order valence-corrected chi connectivity index (χ0v) is 15.4. The molecule has 24 heavy (non-hydrogen) atoms. The van der Waals surface area contributed by atoms with Crippen molar-refractivity contribution >= 4 is 5.97 Å². The summed E-state index contributed by atoms with van der Waals surface area (Å²) in [7, 11) is 0. The maximum Gasteiger partial charge on any atom is 0.302 e. The van der Waals surface area contributed by atoms with E-state index in [1.54, 1.807) is 0 Å². The molecule has 6 atom stereocenters. The first kappa shape index (κ1) is 16.6. The zero-order valence-electron chi connectivity index (χ0n) is 15.4. The molecule has 0 bridgehead atoms. The fourth-order valence-electron chi connectivity index (χ4n) is 7.03. The lowest BCUT2D eigenvalue weighted by atomic mass is 9.48. The predicted octanol–water partition coefficient (Wildman–Crippen LogP) is 5.57. The number of carbonyl (C=O) groups excluding carboxylic acids is 1. The number of rotatable bonds is 1. The Kier molecular flexibility index (Phi) is 3.85. The maximum absolute atomic E-state index is 15.2. The maximum atomic E-state index is 15.2. The van der Waals surface area contributed by atoms with Gasteiger partial charge in [0.25, 0.3) is 0 Å². The van der Waals surface area contributed by atoms with E-state index in [0.29, 0.717) is 36.0 Å². The number of carbonyl (C=O) groups is 1. The van der Waals surface area contributed by atoms with Crippen LogP contribution >= 0.6 is 0 Å². The lowest BCUT2D eigenvalue weighted by Crippen LogP contribution is -2.50. The van der Waals surface area contributed by atoms with Crippen molar-refractivity contribution in [3.8, 4) is 0 Å². The van der Waals surface area contributed by atoms with Gasteiger partial charge in [0.05, 0.1) is 0 Å². The van der Waals surface area contributed by atoms with Crippen LogP contribution in [0.1, 0.15) is 78.6 Å². The van der Waals surface area contributed by atoms with E-state index in [0.717, 1.165) is 18.4 Å². The minimum atomic E-state index is -0.238. The van der Waals surface area contributed by atoms with Crippen LogP contribution in [0.5, 0.6) is 0 Å². The third-order valence-electron chi connectivity index (χ3n) is 8.22. The Hall–Kier alpha value is -0.860. The molecule has 4 aliphatic carbocycles. The monoisotopic (exact) mass is 334 g/mol. The third-order valence-corrected chi connectivity index (χ3v) is 8.22. The van der Waals surface area contributed by atoms with Crippen LogP contribution in [0.3, 0.4) is 0 Å². The fraction of sp³-hybridized carbons (Fsp3) is 0.857. The summed E-state index contributed by atoms with van der Waals surface area (Å²) in [4.78, 5) is 11.3. The van der Waals surface area contributed by atoms with Gasteiger partial charge in [0.1, 0.15) is 11.9 Å². The molecule has 0 aliphatic heterocycles. The molecule has 3 fully saturated rings. The highest BCUT2D eigenvalue weighted by Gasteiger charge is 2.57. The normalized spacial score (nSPS) is 47.7. The molecule has 0 heterocycles. The number of ether oxygens (including phenoxy) is 1. The van der Waals surface area contributed by atoms with Crippen molar-refractivity contribution in [1.29, 1.82) is 0 Å². The van der Waals surface area contributed by atoms with E-state index in [9.17, 15) is 4.79 Å². The molecule has 2 nitrogen and oxygen atoms in total. The summed E-state index contributed by atoms with van der Waals surface area (Å²) in [6.07, 6.45) is 9.53. The smallest absolute Gasteiger partial charge is 0.302 e. The van der Waals surface area contributed by atoms with Gasteiger partial charge in [-0.25, -0.2) is 4.39 Å². The van der Waals surface area contributed by atoms with Crippen molar-refractivity contribution in [3.05, 3.63) is 11.4 Å². The molecule has 0 aromatic carbocycles. The van der Waals surface area contributed by atoms with Crippen LogP contribution in [0.25, 0.3) is 0 Å². The summed E-state index contributed by atoms with van der Waals surface area (Å²) < 4.78 is 20.6. The summed E-state index contributed by atoms with van der Waals surface area (Å²) in [6, 6.07) is 0. The van der Waals surface area contributed by atoms with Crippen molar-refractivity contribution in [2.24, 2.45) is 28.6 Å². The molecule has 0 N–H and O–H groups in total. The van der Waals surface area contributed by atoms with E-state index in [2.05, 4.69) is 13.8 Å². The molecule has 0 saturated heterocycles. The van der Waals surface area contributed by atoms with E-state index in [1.807, 2.05) is 0 Å². The molecule has 0 amide bonds. The summed E-state index contributed by atoms with van der Waals surface area (Å²) in [5.41, 5.74) is 1.44. The zero-order chi connectivity index (χ0) is 17.1. The highest BCUT2D eigenvalue weighted by Crippen LogP contribution is 2.66. The molecule has 134 valence electrons. The van der Waals surface area contributed by atoms with E-state index in [-0.39, 0.29) is 23.3 Å². The van der Waals surface area contributed by atoms with Gasteiger partial charge >= 0.3 is 5.97 Å². The SMILES string of the molecule is CC(=O)OC1CCC2(C)C(=C(F)CC3C4CCCC4(C)CCC32)C1. The molecule has 6 unspecified atom stereocenters. The van der Waals surface area contributed by atoms with Gasteiger partial charge in [-0.05, 0) is 72.7 Å². The molecular weight excluding hydrogens is 303 g/mol. The average molecular weight is 334 g/mol. The van der Waals surface area contributed by atoms with Gasteiger partial charge in [-0.2, -0.15) is 0 Å². The Morgan fingerprint density at radius 3 is 2.62 bits per heavy atom. The fourth-order valence-corrected chi connectivity index (χ4v) is 7.03. The highest BCUT2D eigenvalue weighted by atomic mass is 19.1. The van der Waals surface area contributed by atoms with E-state index < -0.39 is 0 Å². The lowest BCUT2D eigenvalue weighted by molar-refractivity contribution is -0.148. The topological polar surface area (TPSA) is 26.3 Å². The van der Waals surface area contributed by atoms with Crippen molar-refractivity contribution in [3.63, 3.8) is 0 Å². The Morgan fingerprint density at radius 2 is 1.88 bits per heavy atom. The number of fused-ring (bicyclic) bond motifs is 5. The molecule has 0 spiro atoms. The second-order valence-corrected chi connectivity index (χ2v) is 9.44. The van der Waals surface area contributed by atoms with E-state index >= 15 is 4.39 Å². The predicted molar refractivity (Wildman–Crippen MR) is 91.9 cm³/mol. The second kappa shape index (κ2) is 5.57. The Labute approximate surface area is 145 Å². The van der Waals surface area contributed by atoms with Gasteiger partial charge in [0.2, 0.25) is 0 Å². The van der Waals surface area contributed by atoms with Crippen LogP contribution in [0.15, 0.2) is 11.4 Å². The standard InChI is InChI=1S/C21H31FO2/c1-13(23)24-14-6-10-21(3)17-7-9-20(2)8-4-5-16(20)15(17)12-19(22)18(21)11-14/h14-17H,4-12H2,1-3H3. The quantitative estimate of drug-likeness (QED) is 0.586. The molecule has 0 aromatic heterocycles. The van der Waals surface area contributed by atoms with E-state index in [4.69, 9.17) is 4.74 Å². The first-order valence-corrected chi connectivity index (χ1v) is 9.89. The van der Waals surface area contributed by atoms with Crippen LogP contribution < -0.4 is 0 Å². The molecule has 3 heteroatoms. The molecule has 0 aromatic rings. The van der Waals surface area contributed by atoms with Crippen LogP contribution in [0, 0.1) is 28.6 Å². The minimum Gasteiger partial charge on any atom is -0.462 e. The van der Waals surface area contributed by atoms with Gasteiger partial charge in [-0.1, -0.05) is 20.3 Å². The summed E-state index contributed by atoms with van der Waals surface area (Å²) in [5, 5.41) is 0. The molecule has 3 saturated carbocycles. The Bertz CT molecular complexity index is 582. The highest BCUT2D eigenvalue weighted by molar-refractivity contribution is 5.66. The summed E-state index contributed by atoms with van der Waals surface area (Å²) in [6.45, 7) is 6.22. The van der Waals surface area contributed by atoms with Crippen molar-refractivity contribution < 1.29 is 13.9 Å². The lowest BCUT2D eigenvalue weighted by Gasteiger charge is -2.57. The average Bonchev–Trinajstić information content (AvgIpc) is 2.90. The second-order valence-electron chi connectivity index (χ2n) is 9.44. The molecular formula is C21H31FO2. The largest absolute Gasteiger partial charge is 0.462 e. The van der Waals surface area contributed by atoms with Crippen LogP contribution in [0.4, 0.5) is 4.39 Å². The van der Waals surface area contributed by atoms with Gasteiger partial charge in [-0.3, -0.25) is 4.79 Å². The Morgan fingerprint density at radius 1 is 1.08 bits per heavy atom. The van der Waals surface area contributed by atoms with Crippen LogP contribution in [-0.4, -0.2) is 12.1 Å². The summed E-state index contributed by atoms with van der Waals surface area (Å²) in [5.74, 6) is 1.77. The van der Waals surface area contributed by atoms with Gasteiger partial charge in [-0.15, -0.1) is 0 Å².